The van der Waals surface area contributed by atoms with Crippen LogP contribution in [0.2, 0.25) is 0 Å². The average Bonchev–Trinajstić information content (AvgIpc) is 3.13. The lowest BCUT2D eigenvalue weighted by atomic mass is 9.97. The standard InChI is InChI=1S/C23H27NO10/c1-12(26)30-11-19-20(31-13(2)27)21(32-14(3)28)22(33-15(4)29)23(34-19)24-9-16(10-25)17-7-5-6-8-18(17)24/h5-9,19-23,25H,10-11H2,1-4H3/t19-,20+,21-,22-,23+/m0/s1. The molecule has 1 N–H and O–H groups in total. The molecule has 0 radical (unpaired) electrons. The maximum Gasteiger partial charge on any atom is 0.303 e. The molecule has 0 spiro atoms. The molecular weight excluding hydrogens is 450 g/mol. The van der Waals surface area contributed by atoms with Crippen molar-refractivity contribution >= 4 is 34.8 Å². The minimum Gasteiger partial charge on any atom is -0.463 e. The van der Waals surface area contributed by atoms with Gasteiger partial charge < -0.3 is 33.4 Å². The lowest BCUT2D eigenvalue weighted by molar-refractivity contribution is -0.267. The Hall–Kier alpha value is -3.44. The highest BCUT2D eigenvalue weighted by Crippen LogP contribution is 2.37. The number of rotatable bonds is 7. The number of hydrogen-bond donors (Lipinski definition) is 1. The molecule has 0 unspecified atom stereocenters. The zero-order chi connectivity index (χ0) is 25.0. The monoisotopic (exact) mass is 477 g/mol. The predicted molar refractivity (Wildman–Crippen MR) is 115 cm³/mol. The van der Waals surface area contributed by atoms with Crippen LogP contribution < -0.4 is 0 Å². The van der Waals surface area contributed by atoms with E-state index < -0.39 is 54.5 Å². The van der Waals surface area contributed by atoms with Crippen LogP contribution in [0.15, 0.2) is 30.5 Å². The van der Waals surface area contributed by atoms with Crippen molar-refractivity contribution in [3.05, 3.63) is 36.0 Å². The molecule has 0 amide bonds. The Morgan fingerprint density at radius 2 is 1.47 bits per heavy atom. The zero-order valence-electron chi connectivity index (χ0n) is 19.3. The molecular formula is C23H27NO10. The van der Waals surface area contributed by atoms with Crippen molar-refractivity contribution in [1.82, 2.24) is 4.57 Å². The molecule has 5 atom stereocenters. The molecule has 1 fully saturated rings. The number of carbonyl (C=O) groups excluding carboxylic acids is 4. The van der Waals surface area contributed by atoms with Crippen LogP contribution in [0.5, 0.6) is 0 Å². The van der Waals surface area contributed by atoms with Crippen LogP contribution in [-0.2, 0) is 49.5 Å². The molecule has 2 heterocycles. The second kappa shape index (κ2) is 10.7. The first-order valence-corrected chi connectivity index (χ1v) is 10.6. The molecule has 0 aliphatic carbocycles. The van der Waals surface area contributed by atoms with E-state index in [-0.39, 0.29) is 13.2 Å². The Morgan fingerprint density at radius 3 is 2.06 bits per heavy atom. The number of aromatic nitrogens is 1. The second-order valence-electron chi connectivity index (χ2n) is 7.83. The number of fused-ring (bicyclic) bond motifs is 1. The number of nitrogens with zero attached hydrogens (tertiary/aromatic N) is 1. The van der Waals surface area contributed by atoms with E-state index >= 15 is 0 Å². The van der Waals surface area contributed by atoms with Crippen molar-refractivity contribution < 1.29 is 48.0 Å². The highest BCUT2D eigenvalue weighted by atomic mass is 16.7. The van der Waals surface area contributed by atoms with Crippen molar-refractivity contribution in [2.24, 2.45) is 0 Å². The van der Waals surface area contributed by atoms with Crippen LogP contribution in [0.4, 0.5) is 0 Å². The minimum absolute atomic E-state index is 0.265. The molecule has 2 aromatic rings. The van der Waals surface area contributed by atoms with Gasteiger partial charge in [-0.15, -0.1) is 0 Å². The number of benzene rings is 1. The first-order chi connectivity index (χ1) is 16.1. The van der Waals surface area contributed by atoms with Gasteiger partial charge in [0.05, 0.1) is 12.1 Å². The predicted octanol–water partition coefficient (Wildman–Crippen LogP) is 1.39. The van der Waals surface area contributed by atoms with Gasteiger partial charge in [-0.05, 0) is 6.07 Å². The molecule has 11 heteroatoms. The van der Waals surface area contributed by atoms with E-state index in [2.05, 4.69) is 0 Å². The van der Waals surface area contributed by atoms with Gasteiger partial charge in [0.25, 0.3) is 0 Å². The summed E-state index contributed by atoms with van der Waals surface area (Å²) in [7, 11) is 0. The van der Waals surface area contributed by atoms with Gasteiger partial charge in [-0.2, -0.15) is 0 Å². The smallest absolute Gasteiger partial charge is 0.303 e. The van der Waals surface area contributed by atoms with Crippen LogP contribution in [0.3, 0.4) is 0 Å². The van der Waals surface area contributed by atoms with Gasteiger partial charge in [-0.3, -0.25) is 19.2 Å². The quantitative estimate of drug-likeness (QED) is 0.459. The zero-order valence-corrected chi connectivity index (χ0v) is 19.3. The van der Waals surface area contributed by atoms with Crippen LogP contribution >= 0.6 is 0 Å². The number of ether oxygens (including phenoxy) is 5. The molecule has 0 saturated carbocycles. The average molecular weight is 477 g/mol. The molecule has 3 rings (SSSR count). The van der Waals surface area contributed by atoms with Crippen molar-refractivity contribution in [3.63, 3.8) is 0 Å². The summed E-state index contributed by atoms with van der Waals surface area (Å²) in [6.07, 6.45) is -4.25. The molecule has 1 aliphatic rings. The van der Waals surface area contributed by atoms with E-state index in [1.807, 2.05) is 6.07 Å². The lowest BCUT2D eigenvalue weighted by Crippen LogP contribution is -2.60. The topological polar surface area (TPSA) is 140 Å². The molecule has 1 aromatic heterocycles. The third-order valence-electron chi connectivity index (χ3n) is 5.23. The molecule has 1 aromatic carbocycles. The maximum absolute atomic E-state index is 12.0. The highest BCUT2D eigenvalue weighted by molar-refractivity contribution is 5.84. The molecule has 34 heavy (non-hydrogen) atoms. The lowest BCUT2D eigenvalue weighted by Gasteiger charge is -2.44. The van der Waals surface area contributed by atoms with Crippen LogP contribution in [0.25, 0.3) is 10.9 Å². The van der Waals surface area contributed by atoms with Crippen LogP contribution in [0, 0.1) is 0 Å². The molecule has 1 saturated heterocycles. The first kappa shape index (κ1) is 25.2. The molecule has 0 bridgehead atoms. The Bertz CT molecular complexity index is 1080. The molecule has 1 aliphatic heterocycles. The summed E-state index contributed by atoms with van der Waals surface area (Å²) >= 11 is 0. The Balaban J connectivity index is 2.16. The fraction of sp³-hybridized carbons (Fsp3) is 0.478. The van der Waals surface area contributed by atoms with Crippen molar-refractivity contribution in [2.75, 3.05) is 6.61 Å². The maximum atomic E-state index is 12.0. The Morgan fingerprint density at radius 1 is 0.882 bits per heavy atom. The molecule has 184 valence electrons. The Kier molecular flexibility index (Phi) is 7.90. The number of aliphatic hydroxyl groups is 1. The van der Waals surface area contributed by atoms with Gasteiger partial charge in [0, 0.05) is 44.8 Å². The fourth-order valence-corrected chi connectivity index (χ4v) is 4.04. The third kappa shape index (κ3) is 5.54. The summed E-state index contributed by atoms with van der Waals surface area (Å²) in [6, 6.07) is 7.18. The first-order valence-electron chi connectivity index (χ1n) is 10.6. The SMILES string of the molecule is CC(=O)OC[C@@H]1O[C@@H](n2cc(CO)c3ccccc32)[C@@H](OC(C)=O)[C@@H](OC(C)=O)[C@@H]1OC(C)=O. The van der Waals surface area contributed by atoms with E-state index in [0.29, 0.717) is 11.1 Å². The number of esters is 4. The van der Waals surface area contributed by atoms with Crippen molar-refractivity contribution in [2.45, 2.75) is 64.9 Å². The summed E-state index contributed by atoms with van der Waals surface area (Å²) in [6.45, 7) is 4.13. The van der Waals surface area contributed by atoms with E-state index in [1.165, 1.54) is 13.8 Å². The summed E-state index contributed by atoms with van der Waals surface area (Å²) in [4.78, 5) is 47.3. The van der Waals surface area contributed by atoms with Gasteiger partial charge in [0.1, 0.15) is 12.7 Å². The minimum atomic E-state index is -1.27. The van der Waals surface area contributed by atoms with Gasteiger partial charge in [-0.25, -0.2) is 0 Å². The van der Waals surface area contributed by atoms with Gasteiger partial charge >= 0.3 is 23.9 Å². The van der Waals surface area contributed by atoms with Gasteiger partial charge in [0.15, 0.2) is 24.5 Å². The van der Waals surface area contributed by atoms with Crippen LogP contribution in [0.1, 0.15) is 39.5 Å². The van der Waals surface area contributed by atoms with E-state index in [1.54, 1.807) is 29.0 Å². The number of aliphatic hydroxyl groups excluding tert-OH is 1. The molecule has 11 nitrogen and oxygen atoms in total. The van der Waals surface area contributed by atoms with Crippen molar-refractivity contribution in [3.8, 4) is 0 Å². The largest absolute Gasteiger partial charge is 0.463 e. The van der Waals surface area contributed by atoms with Crippen molar-refractivity contribution in [1.29, 1.82) is 0 Å². The summed E-state index contributed by atoms with van der Waals surface area (Å²) in [5, 5.41) is 10.6. The van der Waals surface area contributed by atoms with E-state index in [0.717, 1.165) is 19.2 Å². The summed E-state index contributed by atoms with van der Waals surface area (Å²) in [5.41, 5.74) is 1.23. The number of carbonyl (C=O) groups is 4. The fourth-order valence-electron chi connectivity index (χ4n) is 4.04. The van der Waals surface area contributed by atoms with Crippen LogP contribution in [-0.4, -0.2) is 64.6 Å². The summed E-state index contributed by atoms with van der Waals surface area (Å²) in [5.74, 6) is -2.69. The van der Waals surface area contributed by atoms with Gasteiger partial charge in [0.2, 0.25) is 0 Å². The van der Waals surface area contributed by atoms with E-state index in [9.17, 15) is 24.3 Å². The third-order valence-corrected chi connectivity index (χ3v) is 5.23. The van der Waals surface area contributed by atoms with E-state index in [4.69, 9.17) is 23.7 Å². The number of hydrogen-bond acceptors (Lipinski definition) is 10. The Labute approximate surface area is 195 Å². The second-order valence-corrected chi connectivity index (χ2v) is 7.83. The number of para-hydroxylation sites is 1. The normalized spacial score (nSPS) is 24.3. The van der Waals surface area contributed by atoms with Gasteiger partial charge in [-0.1, -0.05) is 18.2 Å². The summed E-state index contributed by atoms with van der Waals surface area (Å²) < 4.78 is 29.3. The highest BCUT2D eigenvalue weighted by Gasteiger charge is 2.53.